The van der Waals surface area contributed by atoms with E-state index in [0.717, 1.165) is 10.2 Å². The van der Waals surface area contributed by atoms with Gasteiger partial charge in [0, 0.05) is 15.5 Å². The van der Waals surface area contributed by atoms with Crippen LogP contribution in [-0.2, 0) is 4.74 Å². The average molecular weight is 327 g/mol. The zero-order chi connectivity index (χ0) is 13.0. The van der Waals surface area contributed by atoms with E-state index in [9.17, 15) is 4.79 Å². The van der Waals surface area contributed by atoms with Crippen molar-refractivity contribution in [2.75, 3.05) is 11.9 Å². The number of thiazole rings is 1. The Hall–Kier alpha value is -1.40. The lowest BCUT2D eigenvalue weighted by atomic mass is 10.3. The third-order valence-electron chi connectivity index (χ3n) is 2.06. The first-order chi connectivity index (χ1) is 8.69. The van der Waals surface area contributed by atoms with Crippen molar-refractivity contribution in [3.63, 3.8) is 0 Å². The molecule has 0 saturated carbocycles. The summed E-state index contributed by atoms with van der Waals surface area (Å²) in [4.78, 5) is 15.6. The number of hydrogen-bond acceptors (Lipinski definition) is 5. The molecule has 0 bridgehead atoms. The zero-order valence-electron chi connectivity index (χ0n) is 9.64. The Morgan fingerprint density at radius 3 is 3.11 bits per heavy atom. The summed E-state index contributed by atoms with van der Waals surface area (Å²) in [5.41, 5.74) is 1.24. The summed E-state index contributed by atoms with van der Waals surface area (Å²) in [7, 11) is 0. The fourth-order valence-corrected chi connectivity index (χ4v) is 2.42. The van der Waals surface area contributed by atoms with E-state index in [4.69, 9.17) is 4.74 Å². The molecule has 1 aromatic heterocycles. The number of rotatable bonds is 4. The molecule has 2 aromatic rings. The highest BCUT2D eigenvalue weighted by Gasteiger charge is 2.11. The number of halogens is 1. The summed E-state index contributed by atoms with van der Waals surface area (Å²) >= 11 is 4.76. The Kier molecular flexibility index (Phi) is 4.33. The molecule has 2 rings (SSSR count). The quantitative estimate of drug-likeness (QED) is 0.867. The number of carbonyl (C=O) groups excluding carboxylic acids is 1. The Morgan fingerprint density at radius 1 is 1.56 bits per heavy atom. The van der Waals surface area contributed by atoms with Crippen molar-refractivity contribution in [3.05, 3.63) is 39.8 Å². The summed E-state index contributed by atoms with van der Waals surface area (Å²) in [5.74, 6) is -0.393. The van der Waals surface area contributed by atoms with Crippen LogP contribution in [-0.4, -0.2) is 17.6 Å². The standard InChI is InChI=1S/C12H11BrN2O2S/c1-2-17-11(16)10-7-18-12(15-10)14-9-5-3-4-8(13)6-9/h3-7H,2H2,1H3,(H,14,15). The molecule has 0 atom stereocenters. The number of carbonyl (C=O) groups is 1. The van der Waals surface area contributed by atoms with Crippen molar-refractivity contribution in [1.82, 2.24) is 4.98 Å². The van der Waals surface area contributed by atoms with Gasteiger partial charge in [-0.2, -0.15) is 0 Å². The lowest BCUT2D eigenvalue weighted by molar-refractivity contribution is 0.0520. The van der Waals surface area contributed by atoms with Crippen molar-refractivity contribution in [2.24, 2.45) is 0 Å². The molecule has 1 N–H and O–H groups in total. The fourth-order valence-electron chi connectivity index (χ4n) is 1.32. The number of ether oxygens (including phenoxy) is 1. The Morgan fingerprint density at radius 2 is 2.39 bits per heavy atom. The Balaban J connectivity index is 2.09. The molecule has 18 heavy (non-hydrogen) atoms. The van der Waals surface area contributed by atoms with Gasteiger partial charge in [-0.1, -0.05) is 22.0 Å². The van der Waals surface area contributed by atoms with Crippen molar-refractivity contribution in [1.29, 1.82) is 0 Å². The Bertz CT molecular complexity index is 557. The minimum absolute atomic E-state index is 0.333. The van der Waals surface area contributed by atoms with Gasteiger partial charge in [-0.25, -0.2) is 9.78 Å². The van der Waals surface area contributed by atoms with Crippen LogP contribution in [0.25, 0.3) is 0 Å². The smallest absolute Gasteiger partial charge is 0.357 e. The molecule has 0 unspecified atom stereocenters. The fraction of sp³-hybridized carbons (Fsp3) is 0.167. The van der Waals surface area contributed by atoms with Crippen LogP contribution in [0.1, 0.15) is 17.4 Å². The third-order valence-corrected chi connectivity index (χ3v) is 3.32. The maximum atomic E-state index is 11.5. The third kappa shape index (κ3) is 3.30. The summed E-state index contributed by atoms with van der Waals surface area (Å²) < 4.78 is 5.86. The van der Waals surface area contributed by atoms with Gasteiger partial charge in [0.05, 0.1) is 6.61 Å². The average Bonchev–Trinajstić information content (AvgIpc) is 2.78. The van der Waals surface area contributed by atoms with Crippen LogP contribution in [0.3, 0.4) is 0 Å². The summed E-state index contributed by atoms with van der Waals surface area (Å²) in [5, 5.41) is 5.47. The minimum atomic E-state index is -0.393. The van der Waals surface area contributed by atoms with Crippen LogP contribution in [0.15, 0.2) is 34.1 Å². The SMILES string of the molecule is CCOC(=O)c1csc(Nc2cccc(Br)c2)n1. The Labute approximate surface area is 117 Å². The highest BCUT2D eigenvalue weighted by Crippen LogP contribution is 2.23. The van der Waals surface area contributed by atoms with Crippen molar-refractivity contribution in [2.45, 2.75) is 6.92 Å². The molecule has 0 aliphatic carbocycles. The van der Waals surface area contributed by atoms with Gasteiger partial charge in [0.1, 0.15) is 0 Å². The van der Waals surface area contributed by atoms with Crippen LogP contribution in [0, 0.1) is 0 Å². The highest BCUT2D eigenvalue weighted by atomic mass is 79.9. The molecule has 0 aliphatic rings. The molecular formula is C12H11BrN2O2S. The van der Waals surface area contributed by atoms with Crippen LogP contribution in [0.5, 0.6) is 0 Å². The van der Waals surface area contributed by atoms with Gasteiger partial charge in [-0.3, -0.25) is 0 Å². The highest BCUT2D eigenvalue weighted by molar-refractivity contribution is 9.10. The maximum absolute atomic E-state index is 11.5. The molecule has 0 fully saturated rings. The molecule has 0 saturated heterocycles. The molecule has 1 heterocycles. The van der Waals surface area contributed by atoms with Gasteiger partial charge in [-0.05, 0) is 25.1 Å². The van der Waals surface area contributed by atoms with Gasteiger partial charge >= 0.3 is 5.97 Å². The summed E-state index contributed by atoms with van der Waals surface area (Å²) in [6.45, 7) is 2.12. The van der Waals surface area contributed by atoms with E-state index >= 15 is 0 Å². The van der Waals surface area contributed by atoms with Gasteiger partial charge < -0.3 is 10.1 Å². The number of esters is 1. The van der Waals surface area contributed by atoms with Gasteiger partial charge in [0.2, 0.25) is 0 Å². The number of anilines is 2. The molecule has 0 radical (unpaired) electrons. The molecule has 94 valence electrons. The van der Waals surface area contributed by atoms with E-state index in [-0.39, 0.29) is 0 Å². The van der Waals surface area contributed by atoms with Gasteiger partial charge in [-0.15, -0.1) is 11.3 Å². The largest absolute Gasteiger partial charge is 0.461 e. The first-order valence-electron chi connectivity index (χ1n) is 5.34. The maximum Gasteiger partial charge on any atom is 0.357 e. The molecule has 0 aliphatic heterocycles. The number of nitrogens with one attached hydrogen (secondary N) is 1. The second-order valence-corrected chi connectivity index (χ2v) is 5.17. The molecule has 1 aromatic carbocycles. The zero-order valence-corrected chi connectivity index (χ0v) is 12.0. The lowest BCUT2D eigenvalue weighted by Gasteiger charge is -2.02. The molecule has 4 nitrogen and oxygen atoms in total. The molecule has 6 heteroatoms. The molecular weight excluding hydrogens is 316 g/mol. The minimum Gasteiger partial charge on any atom is -0.461 e. The molecule has 0 amide bonds. The van der Waals surface area contributed by atoms with Crippen molar-refractivity contribution >= 4 is 44.1 Å². The topological polar surface area (TPSA) is 51.2 Å². The van der Waals surface area contributed by atoms with E-state index in [1.165, 1.54) is 11.3 Å². The van der Waals surface area contributed by atoms with E-state index in [1.54, 1.807) is 12.3 Å². The van der Waals surface area contributed by atoms with E-state index < -0.39 is 5.97 Å². The van der Waals surface area contributed by atoms with Gasteiger partial charge in [0.15, 0.2) is 10.8 Å². The van der Waals surface area contributed by atoms with Crippen LogP contribution >= 0.6 is 27.3 Å². The van der Waals surface area contributed by atoms with Crippen LogP contribution < -0.4 is 5.32 Å². The first kappa shape index (κ1) is 13.0. The van der Waals surface area contributed by atoms with Crippen LogP contribution in [0.2, 0.25) is 0 Å². The normalized spacial score (nSPS) is 10.1. The van der Waals surface area contributed by atoms with E-state index in [1.807, 2.05) is 24.3 Å². The molecule has 0 spiro atoms. The van der Waals surface area contributed by atoms with Gasteiger partial charge in [0.25, 0.3) is 0 Å². The van der Waals surface area contributed by atoms with E-state index in [2.05, 4.69) is 26.2 Å². The van der Waals surface area contributed by atoms with Crippen LogP contribution in [0.4, 0.5) is 10.8 Å². The monoisotopic (exact) mass is 326 g/mol. The first-order valence-corrected chi connectivity index (χ1v) is 7.01. The second kappa shape index (κ2) is 5.97. The second-order valence-electron chi connectivity index (χ2n) is 3.39. The predicted molar refractivity (Wildman–Crippen MR) is 75.5 cm³/mol. The van der Waals surface area contributed by atoms with Crippen molar-refractivity contribution < 1.29 is 9.53 Å². The number of benzene rings is 1. The summed E-state index contributed by atoms with van der Waals surface area (Å²) in [6.07, 6.45) is 0. The van der Waals surface area contributed by atoms with Crippen molar-refractivity contribution in [3.8, 4) is 0 Å². The summed E-state index contributed by atoms with van der Waals surface area (Å²) in [6, 6.07) is 7.73. The number of nitrogens with zero attached hydrogens (tertiary/aromatic N) is 1. The lowest BCUT2D eigenvalue weighted by Crippen LogP contribution is -2.04. The number of aromatic nitrogens is 1. The number of hydrogen-bond donors (Lipinski definition) is 1. The predicted octanol–water partition coefficient (Wildman–Crippen LogP) is 3.83. The van der Waals surface area contributed by atoms with E-state index in [0.29, 0.717) is 17.4 Å².